The highest BCUT2D eigenvalue weighted by Crippen LogP contribution is 2.15. The van der Waals surface area contributed by atoms with Gasteiger partial charge in [-0.25, -0.2) is 0 Å². The molecule has 2 aromatic heterocycles. The molecular weight excluding hydrogens is 332 g/mol. The quantitative estimate of drug-likeness (QED) is 0.893. The normalized spacial score (nSPS) is 15.3. The van der Waals surface area contributed by atoms with E-state index in [1.54, 1.807) is 11.6 Å². The average Bonchev–Trinajstić information content (AvgIpc) is 3.06. The van der Waals surface area contributed by atoms with Crippen LogP contribution in [-0.2, 0) is 29.2 Å². The summed E-state index contributed by atoms with van der Waals surface area (Å²) in [6.07, 6.45) is 0.884. The summed E-state index contributed by atoms with van der Waals surface area (Å²) in [5.74, 6) is -0.0158. The molecule has 0 bridgehead atoms. The highest BCUT2D eigenvalue weighted by atomic mass is 16.2. The zero-order valence-electron chi connectivity index (χ0n) is 15.8. The van der Waals surface area contributed by atoms with Crippen molar-refractivity contribution in [1.82, 2.24) is 29.8 Å². The van der Waals surface area contributed by atoms with E-state index in [1.807, 2.05) is 42.5 Å². The van der Waals surface area contributed by atoms with E-state index in [1.165, 1.54) is 0 Å². The molecule has 0 saturated heterocycles. The third-order valence-corrected chi connectivity index (χ3v) is 4.74. The zero-order valence-corrected chi connectivity index (χ0v) is 15.8. The number of nitrogens with one attached hydrogen (secondary N) is 1. The van der Waals surface area contributed by atoms with Crippen LogP contribution in [-0.4, -0.2) is 42.8 Å². The van der Waals surface area contributed by atoms with Gasteiger partial charge in [0.15, 0.2) is 0 Å². The molecule has 3 rings (SSSR count). The lowest BCUT2D eigenvalue weighted by Gasteiger charge is -2.17. The Kier molecular flexibility index (Phi) is 5.11. The van der Waals surface area contributed by atoms with Gasteiger partial charge in [-0.1, -0.05) is 0 Å². The van der Waals surface area contributed by atoms with Crippen molar-refractivity contribution in [3.63, 3.8) is 0 Å². The highest BCUT2D eigenvalue weighted by Gasteiger charge is 2.20. The van der Waals surface area contributed by atoms with E-state index in [4.69, 9.17) is 0 Å². The summed E-state index contributed by atoms with van der Waals surface area (Å²) in [6.45, 7) is 9.75. The molecule has 0 spiro atoms. The molecule has 0 radical (unpaired) electrons. The van der Waals surface area contributed by atoms with E-state index in [0.717, 1.165) is 42.3 Å². The van der Waals surface area contributed by atoms with Crippen LogP contribution in [0.15, 0.2) is 12.1 Å². The lowest BCUT2D eigenvalue weighted by atomic mass is 10.3. The summed E-state index contributed by atoms with van der Waals surface area (Å²) in [5, 5.41) is 11.9. The van der Waals surface area contributed by atoms with Crippen LogP contribution >= 0.6 is 0 Å². The zero-order chi connectivity index (χ0) is 18.8. The number of carbonyl (C=O) groups is 2. The van der Waals surface area contributed by atoms with Crippen molar-refractivity contribution in [2.75, 3.05) is 6.54 Å². The second kappa shape index (κ2) is 7.31. The van der Waals surface area contributed by atoms with Gasteiger partial charge in [0, 0.05) is 25.7 Å². The molecule has 2 aromatic rings. The fourth-order valence-electron chi connectivity index (χ4n) is 3.35. The molecule has 1 atom stereocenters. The van der Waals surface area contributed by atoms with E-state index < -0.39 is 0 Å². The van der Waals surface area contributed by atoms with Gasteiger partial charge in [-0.2, -0.15) is 10.2 Å². The molecule has 8 heteroatoms. The molecule has 1 unspecified atom stereocenters. The largest absolute Gasteiger partial charge is 0.349 e. The Hall–Kier alpha value is -2.64. The Morgan fingerprint density at radius 1 is 1.23 bits per heavy atom. The van der Waals surface area contributed by atoms with Gasteiger partial charge in [-0.05, 0) is 39.3 Å². The SMILES string of the molecule is CC(=O)N1CCCn2nc(CNC(=O)C(C)n3nc(C)cc3C)cc2C1. The number of hydrogen-bond acceptors (Lipinski definition) is 4. The number of nitrogens with zero attached hydrogens (tertiary/aromatic N) is 5. The third-order valence-electron chi connectivity index (χ3n) is 4.74. The third kappa shape index (κ3) is 3.79. The smallest absolute Gasteiger partial charge is 0.244 e. The van der Waals surface area contributed by atoms with E-state index in [2.05, 4.69) is 15.5 Å². The molecule has 0 fully saturated rings. The minimum absolute atomic E-state index is 0.0770. The van der Waals surface area contributed by atoms with Gasteiger partial charge in [-0.3, -0.25) is 19.0 Å². The Labute approximate surface area is 153 Å². The monoisotopic (exact) mass is 358 g/mol. The minimum Gasteiger partial charge on any atom is -0.349 e. The van der Waals surface area contributed by atoms with Gasteiger partial charge in [-0.15, -0.1) is 0 Å². The van der Waals surface area contributed by atoms with E-state index in [9.17, 15) is 9.59 Å². The fraction of sp³-hybridized carbons (Fsp3) is 0.556. The van der Waals surface area contributed by atoms with E-state index in [0.29, 0.717) is 13.1 Å². The van der Waals surface area contributed by atoms with Crippen LogP contribution in [0.25, 0.3) is 0 Å². The predicted octanol–water partition coefficient (Wildman–Crippen LogP) is 1.33. The van der Waals surface area contributed by atoms with Gasteiger partial charge >= 0.3 is 0 Å². The van der Waals surface area contributed by atoms with Crippen molar-refractivity contribution < 1.29 is 9.59 Å². The standard InChI is InChI=1S/C18H26N6O2/c1-12-8-13(2)24(20-12)14(3)18(26)19-10-16-9-17-11-22(15(4)25)6-5-7-23(17)21-16/h8-9,14H,5-7,10-11H2,1-4H3,(H,19,26). The molecule has 140 valence electrons. The van der Waals surface area contributed by atoms with Crippen LogP contribution in [0.4, 0.5) is 0 Å². The summed E-state index contributed by atoms with van der Waals surface area (Å²) in [4.78, 5) is 25.9. The second-order valence-corrected chi connectivity index (χ2v) is 6.91. The molecule has 0 saturated carbocycles. The molecule has 2 amide bonds. The summed E-state index contributed by atoms with van der Waals surface area (Å²) < 4.78 is 3.67. The van der Waals surface area contributed by atoms with Gasteiger partial charge in [0.1, 0.15) is 6.04 Å². The van der Waals surface area contributed by atoms with Crippen LogP contribution in [0.2, 0.25) is 0 Å². The first-order chi connectivity index (χ1) is 12.3. The first-order valence-corrected chi connectivity index (χ1v) is 8.96. The average molecular weight is 358 g/mol. The van der Waals surface area contributed by atoms with Gasteiger partial charge in [0.25, 0.3) is 0 Å². The molecule has 8 nitrogen and oxygen atoms in total. The van der Waals surface area contributed by atoms with Crippen molar-refractivity contribution in [3.05, 3.63) is 34.9 Å². The molecule has 0 aromatic carbocycles. The number of rotatable bonds is 4. The van der Waals surface area contributed by atoms with Crippen LogP contribution in [0.5, 0.6) is 0 Å². The van der Waals surface area contributed by atoms with Gasteiger partial charge in [0.2, 0.25) is 11.8 Å². The van der Waals surface area contributed by atoms with Crippen LogP contribution in [0.3, 0.4) is 0 Å². The molecule has 1 aliphatic heterocycles. The summed E-state index contributed by atoms with van der Waals surface area (Å²) >= 11 is 0. The Morgan fingerprint density at radius 3 is 2.65 bits per heavy atom. The molecule has 1 aliphatic rings. The van der Waals surface area contributed by atoms with E-state index in [-0.39, 0.29) is 17.9 Å². The number of amides is 2. The lowest BCUT2D eigenvalue weighted by Crippen LogP contribution is -2.31. The molecule has 26 heavy (non-hydrogen) atoms. The first-order valence-electron chi connectivity index (χ1n) is 8.96. The Morgan fingerprint density at radius 2 is 2.00 bits per heavy atom. The summed E-state index contributed by atoms with van der Waals surface area (Å²) in [5.41, 5.74) is 3.67. The molecular formula is C18H26N6O2. The number of aryl methyl sites for hydroxylation is 3. The van der Waals surface area contributed by atoms with Gasteiger partial charge in [0.05, 0.1) is 30.2 Å². The van der Waals surface area contributed by atoms with Crippen molar-refractivity contribution in [1.29, 1.82) is 0 Å². The molecule has 3 heterocycles. The Bertz CT molecular complexity index is 822. The van der Waals surface area contributed by atoms with Crippen LogP contribution in [0, 0.1) is 13.8 Å². The minimum atomic E-state index is -0.377. The molecule has 1 N–H and O–H groups in total. The molecule has 0 aliphatic carbocycles. The van der Waals surface area contributed by atoms with Crippen molar-refractivity contribution in [2.45, 2.75) is 59.8 Å². The topological polar surface area (TPSA) is 85.0 Å². The number of fused-ring (bicyclic) bond motifs is 1. The van der Waals surface area contributed by atoms with Crippen molar-refractivity contribution in [2.24, 2.45) is 0 Å². The maximum absolute atomic E-state index is 12.5. The van der Waals surface area contributed by atoms with Crippen molar-refractivity contribution in [3.8, 4) is 0 Å². The Balaban J connectivity index is 1.63. The highest BCUT2D eigenvalue weighted by molar-refractivity contribution is 5.79. The maximum atomic E-state index is 12.5. The van der Waals surface area contributed by atoms with Crippen LogP contribution in [0.1, 0.15) is 49.1 Å². The van der Waals surface area contributed by atoms with Crippen molar-refractivity contribution >= 4 is 11.8 Å². The maximum Gasteiger partial charge on any atom is 0.244 e. The lowest BCUT2D eigenvalue weighted by molar-refractivity contribution is -0.129. The number of aromatic nitrogens is 4. The summed E-state index contributed by atoms with van der Waals surface area (Å²) in [6, 6.07) is 3.55. The van der Waals surface area contributed by atoms with Gasteiger partial charge < -0.3 is 10.2 Å². The number of hydrogen-bond donors (Lipinski definition) is 1. The first kappa shape index (κ1) is 18.2. The predicted molar refractivity (Wildman–Crippen MR) is 96.2 cm³/mol. The fourth-order valence-corrected chi connectivity index (χ4v) is 3.35. The van der Waals surface area contributed by atoms with Crippen LogP contribution < -0.4 is 5.32 Å². The van der Waals surface area contributed by atoms with E-state index >= 15 is 0 Å². The summed E-state index contributed by atoms with van der Waals surface area (Å²) in [7, 11) is 0. The second-order valence-electron chi connectivity index (χ2n) is 6.91. The number of carbonyl (C=O) groups excluding carboxylic acids is 2.